The number of aliphatic carboxylic acids is 1. The number of halogens is 1. The highest BCUT2D eigenvalue weighted by Crippen LogP contribution is 2.33. The van der Waals surface area contributed by atoms with Crippen LogP contribution in [0.25, 0.3) is 0 Å². The summed E-state index contributed by atoms with van der Waals surface area (Å²) in [7, 11) is 0. The van der Waals surface area contributed by atoms with Crippen LogP contribution in [0.5, 0.6) is 5.75 Å². The largest absolute Gasteiger partial charge is 0.492 e. The Morgan fingerprint density at radius 1 is 1.35 bits per heavy atom. The van der Waals surface area contributed by atoms with E-state index in [0.717, 1.165) is 16.5 Å². The summed E-state index contributed by atoms with van der Waals surface area (Å²) in [6.45, 7) is 0.574. The fraction of sp³-hybridized carbons (Fsp3) is 0.333. The predicted molar refractivity (Wildman–Crippen MR) is 64.5 cm³/mol. The van der Waals surface area contributed by atoms with Gasteiger partial charge in [-0.3, -0.25) is 9.59 Å². The van der Waals surface area contributed by atoms with Crippen molar-refractivity contribution in [3.05, 3.63) is 27.7 Å². The molecule has 5 heteroatoms. The number of carboxylic acids is 1. The van der Waals surface area contributed by atoms with Crippen LogP contribution in [0.1, 0.15) is 28.8 Å². The number of carboxylic acid groups (broad SMARTS) is 1. The van der Waals surface area contributed by atoms with E-state index in [1.807, 2.05) is 6.07 Å². The molecule has 0 saturated heterocycles. The van der Waals surface area contributed by atoms with Gasteiger partial charge in [-0.05, 0) is 17.7 Å². The monoisotopic (exact) mass is 298 g/mol. The smallest absolute Gasteiger partial charge is 0.303 e. The number of carbonyl (C=O) groups is 2. The van der Waals surface area contributed by atoms with Crippen LogP contribution in [0.15, 0.2) is 16.6 Å². The Kier molecular flexibility index (Phi) is 3.47. The minimum Gasteiger partial charge on any atom is -0.492 e. The summed E-state index contributed by atoms with van der Waals surface area (Å²) in [5, 5.41) is 8.56. The molecule has 0 amide bonds. The second kappa shape index (κ2) is 4.87. The van der Waals surface area contributed by atoms with E-state index >= 15 is 0 Å². The fourth-order valence-electron chi connectivity index (χ4n) is 1.83. The summed E-state index contributed by atoms with van der Waals surface area (Å²) in [5.41, 5.74) is 1.48. The van der Waals surface area contributed by atoms with Gasteiger partial charge < -0.3 is 9.84 Å². The summed E-state index contributed by atoms with van der Waals surface area (Å²) in [4.78, 5) is 22.3. The van der Waals surface area contributed by atoms with Gasteiger partial charge >= 0.3 is 5.97 Å². The SMILES string of the molecule is O=C(O)CCC(=O)c1cc(Br)cc2c1OCC2. The summed E-state index contributed by atoms with van der Waals surface area (Å²) in [6, 6.07) is 3.62. The maximum absolute atomic E-state index is 11.9. The molecule has 0 fully saturated rings. The van der Waals surface area contributed by atoms with E-state index in [0.29, 0.717) is 17.9 Å². The third kappa shape index (κ3) is 2.66. The van der Waals surface area contributed by atoms with E-state index in [-0.39, 0.29) is 18.6 Å². The van der Waals surface area contributed by atoms with Crippen LogP contribution in [0.3, 0.4) is 0 Å². The van der Waals surface area contributed by atoms with Gasteiger partial charge in [-0.1, -0.05) is 15.9 Å². The lowest BCUT2D eigenvalue weighted by Gasteiger charge is -2.07. The van der Waals surface area contributed by atoms with E-state index in [1.165, 1.54) is 0 Å². The van der Waals surface area contributed by atoms with Gasteiger partial charge in [0.1, 0.15) is 5.75 Å². The molecular weight excluding hydrogens is 288 g/mol. The Morgan fingerprint density at radius 2 is 2.12 bits per heavy atom. The van der Waals surface area contributed by atoms with Gasteiger partial charge in [-0.15, -0.1) is 0 Å². The number of benzene rings is 1. The van der Waals surface area contributed by atoms with Crippen LogP contribution in [0, 0.1) is 0 Å². The lowest BCUT2D eigenvalue weighted by atomic mass is 10.0. The average Bonchev–Trinajstić information content (AvgIpc) is 2.72. The number of carbonyl (C=O) groups excluding carboxylic acids is 1. The van der Waals surface area contributed by atoms with Gasteiger partial charge in [-0.2, -0.15) is 0 Å². The van der Waals surface area contributed by atoms with Gasteiger partial charge in [0.2, 0.25) is 0 Å². The van der Waals surface area contributed by atoms with E-state index in [1.54, 1.807) is 6.07 Å². The van der Waals surface area contributed by atoms with Crippen LogP contribution in [-0.2, 0) is 11.2 Å². The van der Waals surface area contributed by atoms with Crippen molar-refractivity contribution in [2.75, 3.05) is 6.61 Å². The van der Waals surface area contributed by atoms with Gasteiger partial charge in [0.25, 0.3) is 0 Å². The molecule has 4 nitrogen and oxygen atoms in total. The number of ketones is 1. The third-order valence-corrected chi connectivity index (χ3v) is 3.07. The van der Waals surface area contributed by atoms with Gasteiger partial charge in [0, 0.05) is 17.3 Å². The normalized spacial score (nSPS) is 13.0. The summed E-state index contributed by atoms with van der Waals surface area (Å²) >= 11 is 3.34. The first-order chi connectivity index (χ1) is 8.08. The lowest BCUT2D eigenvalue weighted by molar-refractivity contribution is -0.136. The fourth-order valence-corrected chi connectivity index (χ4v) is 2.34. The van der Waals surface area contributed by atoms with E-state index in [2.05, 4.69) is 15.9 Å². The third-order valence-electron chi connectivity index (χ3n) is 2.61. The summed E-state index contributed by atoms with van der Waals surface area (Å²) in [5.74, 6) is -0.540. The highest BCUT2D eigenvalue weighted by Gasteiger charge is 2.21. The first-order valence-corrected chi connectivity index (χ1v) is 6.07. The van der Waals surface area contributed by atoms with E-state index in [4.69, 9.17) is 9.84 Å². The Morgan fingerprint density at radius 3 is 2.82 bits per heavy atom. The molecule has 0 atom stereocenters. The first-order valence-electron chi connectivity index (χ1n) is 5.28. The number of fused-ring (bicyclic) bond motifs is 1. The minimum absolute atomic E-state index is 0.00157. The molecule has 1 aliphatic heterocycles. The molecule has 1 aromatic carbocycles. The van der Waals surface area contributed by atoms with Crippen molar-refractivity contribution < 1.29 is 19.4 Å². The number of ether oxygens (including phenoxy) is 1. The highest BCUT2D eigenvalue weighted by molar-refractivity contribution is 9.10. The van der Waals surface area contributed by atoms with Crippen molar-refractivity contribution in [3.63, 3.8) is 0 Å². The Labute approximate surface area is 107 Å². The van der Waals surface area contributed by atoms with Crippen molar-refractivity contribution in [3.8, 4) is 5.75 Å². The zero-order valence-electron chi connectivity index (χ0n) is 9.03. The summed E-state index contributed by atoms with van der Waals surface area (Å²) < 4.78 is 6.24. The lowest BCUT2D eigenvalue weighted by Crippen LogP contribution is -2.05. The molecule has 0 bridgehead atoms. The van der Waals surface area contributed by atoms with Gasteiger partial charge in [0.15, 0.2) is 5.78 Å². The van der Waals surface area contributed by atoms with Crippen LogP contribution in [0.2, 0.25) is 0 Å². The zero-order chi connectivity index (χ0) is 12.4. The molecule has 0 radical (unpaired) electrons. The topological polar surface area (TPSA) is 63.6 Å². The molecule has 0 unspecified atom stereocenters. The molecule has 1 N–H and O–H groups in total. The zero-order valence-corrected chi connectivity index (χ0v) is 10.6. The number of rotatable bonds is 4. The van der Waals surface area contributed by atoms with E-state index < -0.39 is 5.97 Å². The highest BCUT2D eigenvalue weighted by atomic mass is 79.9. The van der Waals surface area contributed by atoms with Crippen LogP contribution in [0.4, 0.5) is 0 Å². The van der Waals surface area contributed by atoms with Crippen molar-refractivity contribution in [1.29, 1.82) is 0 Å². The molecule has 2 rings (SSSR count). The molecule has 0 aliphatic carbocycles. The second-order valence-corrected chi connectivity index (χ2v) is 4.77. The standard InChI is InChI=1S/C12H11BrO4/c13-8-5-7-3-4-17-12(7)9(6-8)10(14)1-2-11(15)16/h5-6H,1-4H2,(H,15,16). The maximum atomic E-state index is 11.9. The first kappa shape index (κ1) is 12.1. The van der Waals surface area contributed by atoms with Crippen molar-refractivity contribution >= 4 is 27.7 Å². The molecule has 1 aromatic rings. The molecule has 90 valence electrons. The molecule has 0 aromatic heterocycles. The summed E-state index contributed by atoms with van der Waals surface area (Å²) in [6.07, 6.45) is 0.635. The Hall–Kier alpha value is -1.36. The maximum Gasteiger partial charge on any atom is 0.303 e. The van der Waals surface area contributed by atoms with Crippen LogP contribution >= 0.6 is 15.9 Å². The predicted octanol–water partition coefficient (Wildman–Crippen LogP) is 2.43. The molecule has 1 aliphatic rings. The molecule has 0 saturated carbocycles. The van der Waals surface area contributed by atoms with Gasteiger partial charge in [-0.25, -0.2) is 0 Å². The van der Waals surface area contributed by atoms with Crippen molar-refractivity contribution in [2.45, 2.75) is 19.3 Å². The number of hydrogen-bond acceptors (Lipinski definition) is 3. The number of Topliss-reactive ketones (excluding diaryl/α,β-unsaturated/α-hetero) is 1. The molecule has 1 heterocycles. The molecule has 17 heavy (non-hydrogen) atoms. The minimum atomic E-state index is -0.967. The molecule has 0 spiro atoms. The Bertz CT molecular complexity index is 482. The quantitative estimate of drug-likeness (QED) is 0.867. The average molecular weight is 299 g/mol. The van der Waals surface area contributed by atoms with Crippen molar-refractivity contribution in [1.82, 2.24) is 0 Å². The van der Waals surface area contributed by atoms with Crippen molar-refractivity contribution in [2.24, 2.45) is 0 Å². The Balaban J connectivity index is 2.26. The van der Waals surface area contributed by atoms with Crippen LogP contribution in [-0.4, -0.2) is 23.5 Å². The number of hydrogen-bond donors (Lipinski definition) is 1. The van der Waals surface area contributed by atoms with Gasteiger partial charge in [0.05, 0.1) is 18.6 Å². The second-order valence-electron chi connectivity index (χ2n) is 3.86. The van der Waals surface area contributed by atoms with E-state index in [9.17, 15) is 9.59 Å². The molecular formula is C12H11BrO4. The van der Waals surface area contributed by atoms with Crippen LogP contribution < -0.4 is 4.74 Å².